The monoisotopic (exact) mass is 416 g/mol. The highest BCUT2D eigenvalue weighted by Crippen LogP contribution is 2.25. The molecule has 7 heteroatoms. The van der Waals surface area contributed by atoms with E-state index >= 15 is 0 Å². The number of hydrogen-bond acceptors (Lipinski definition) is 5. The normalized spacial score (nSPS) is 16.4. The van der Waals surface area contributed by atoms with Crippen LogP contribution < -0.4 is 15.4 Å². The minimum atomic E-state index is 0.316. The lowest BCUT2D eigenvalue weighted by Crippen LogP contribution is -2.46. The van der Waals surface area contributed by atoms with Crippen molar-refractivity contribution in [1.82, 2.24) is 15.5 Å². The molecule has 6 nitrogen and oxygen atoms in total. The molecule has 0 saturated carbocycles. The fourth-order valence-corrected chi connectivity index (χ4v) is 4.32. The molecule has 0 amide bonds. The van der Waals surface area contributed by atoms with Crippen LogP contribution in [0, 0.1) is 6.92 Å². The van der Waals surface area contributed by atoms with Gasteiger partial charge in [-0.05, 0) is 36.9 Å². The van der Waals surface area contributed by atoms with Gasteiger partial charge < -0.3 is 20.1 Å². The van der Waals surface area contributed by atoms with Gasteiger partial charge in [-0.15, -0.1) is 11.3 Å². The van der Waals surface area contributed by atoms with Crippen LogP contribution >= 0.6 is 11.3 Å². The predicted molar refractivity (Wildman–Crippen MR) is 120 cm³/mol. The van der Waals surface area contributed by atoms with Gasteiger partial charge in [0.25, 0.3) is 0 Å². The Hall–Kier alpha value is -2.09. The molecule has 1 aliphatic rings. The Labute approximate surface area is 177 Å². The number of thiophene rings is 1. The van der Waals surface area contributed by atoms with Crippen LogP contribution in [0.3, 0.4) is 0 Å². The molecule has 1 aromatic heterocycles. The predicted octanol–water partition coefficient (Wildman–Crippen LogP) is 3.19. The maximum Gasteiger partial charge on any atom is 0.191 e. The minimum absolute atomic E-state index is 0.316. The van der Waals surface area contributed by atoms with Crippen LogP contribution in [-0.2, 0) is 11.3 Å². The van der Waals surface area contributed by atoms with E-state index in [1.165, 1.54) is 10.4 Å². The molecule has 2 N–H and O–H groups in total. The standard InChI is InChI=1S/C22H32N4O2S/c1-4-23-22(24-15-18-8-7-17(2)14-20(18)27-3)25-16-19(21-6-5-13-29-21)26-9-11-28-12-10-26/h5-8,13-14,19H,4,9-12,15-16H2,1-3H3,(H2,23,24,25). The molecule has 1 aliphatic heterocycles. The molecule has 2 aromatic rings. The molecule has 1 fully saturated rings. The number of methoxy groups -OCH3 is 1. The Kier molecular flexibility index (Phi) is 8.34. The third kappa shape index (κ3) is 6.19. The van der Waals surface area contributed by atoms with E-state index in [2.05, 4.69) is 65.1 Å². The first-order valence-electron chi connectivity index (χ1n) is 10.2. The van der Waals surface area contributed by atoms with E-state index in [1.54, 1.807) is 18.4 Å². The molecule has 2 heterocycles. The molecule has 0 bridgehead atoms. The maximum atomic E-state index is 5.54. The fourth-order valence-electron chi connectivity index (χ4n) is 3.46. The Bertz CT molecular complexity index is 773. The maximum absolute atomic E-state index is 5.54. The van der Waals surface area contributed by atoms with E-state index in [1.807, 2.05) is 0 Å². The molecule has 0 spiro atoms. The summed E-state index contributed by atoms with van der Waals surface area (Å²) in [4.78, 5) is 8.66. The van der Waals surface area contributed by atoms with Crippen molar-refractivity contribution < 1.29 is 9.47 Å². The van der Waals surface area contributed by atoms with Crippen molar-refractivity contribution >= 4 is 17.3 Å². The van der Waals surface area contributed by atoms with Crippen molar-refractivity contribution in [3.63, 3.8) is 0 Å². The molecular weight excluding hydrogens is 384 g/mol. The third-order valence-corrected chi connectivity index (χ3v) is 5.99. The number of aryl methyl sites for hydroxylation is 1. The zero-order chi connectivity index (χ0) is 20.5. The summed E-state index contributed by atoms with van der Waals surface area (Å²) in [7, 11) is 1.71. The van der Waals surface area contributed by atoms with E-state index in [-0.39, 0.29) is 0 Å². The highest BCUT2D eigenvalue weighted by molar-refractivity contribution is 7.10. The Morgan fingerprint density at radius 1 is 1.28 bits per heavy atom. The van der Waals surface area contributed by atoms with Crippen LogP contribution in [0.25, 0.3) is 0 Å². The molecule has 1 atom stereocenters. The third-order valence-electron chi connectivity index (χ3n) is 5.02. The first kappa shape index (κ1) is 21.6. The first-order valence-corrected chi connectivity index (χ1v) is 11.1. The zero-order valence-corrected chi connectivity index (χ0v) is 18.4. The summed E-state index contributed by atoms with van der Waals surface area (Å²) in [6.07, 6.45) is 0. The van der Waals surface area contributed by atoms with Crippen LogP contribution in [0.2, 0.25) is 0 Å². The summed E-state index contributed by atoms with van der Waals surface area (Å²) in [6, 6.07) is 10.9. The number of hydrogen-bond donors (Lipinski definition) is 2. The molecule has 158 valence electrons. The average molecular weight is 417 g/mol. The Morgan fingerprint density at radius 2 is 2.10 bits per heavy atom. The quantitative estimate of drug-likeness (QED) is 0.511. The molecule has 0 radical (unpaired) electrons. The Morgan fingerprint density at radius 3 is 2.79 bits per heavy atom. The second kappa shape index (κ2) is 11.2. The average Bonchev–Trinajstić information content (AvgIpc) is 3.28. The van der Waals surface area contributed by atoms with Crippen molar-refractivity contribution in [1.29, 1.82) is 0 Å². The molecule has 1 aromatic carbocycles. The van der Waals surface area contributed by atoms with Gasteiger partial charge in [-0.1, -0.05) is 18.2 Å². The van der Waals surface area contributed by atoms with Gasteiger partial charge in [0, 0.05) is 36.6 Å². The number of morpholine rings is 1. The first-order chi connectivity index (χ1) is 14.2. The van der Waals surface area contributed by atoms with Gasteiger partial charge in [0.15, 0.2) is 5.96 Å². The van der Waals surface area contributed by atoms with Gasteiger partial charge >= 0.3 is 0 Å². The van der Waals surface area contributed by atoms with Gasteiger partial charge in [-0.2, -0.15) is 0 Å². The Balaban J connectivity index is 1.69. The van der Waals surface area contributed by atoms with E-state index < -0.39 is 0 Å². The summed E-state index contributed by atoms with van der Waals surface area (Å²) in [6.45, 7) is 9.85. The molecule has 29 heavy (non-hydrogen) atoms. The van der Waals surface area contributed by atoms with Gasteiger partial charge in [-0.25, -0.2) is 4.99 Å². The second-order valence-corrected chi connectivity index (χ2v) is 8.05. The zero-order valence-electron chi connectivity index (χ0n) is 17.6. The fraction of sp³-hybridized carbons (Fsp3) is 0.500. The van der Waals surface area contributed by atoms with Crippen LogP contribution in [0.5, 0.6) is 5.75 Å². The summed E-state index contributed by atoms with van der Waals surface area (Å²) in [5, 5.41) is 9.06. The van der Waals surface area contributed by atoms with Crippen LogP contribution in [0.1, 0.15) is 29.0 Å². The van der Waals surface area contributed by atoms with Crippen LogP contribution in [-0.4, -0.2) is 57.4 Å². The van der Waals surface area contributed by atoms with Crippen molar-refractivity contribution in [2.24, 2.45) is 4.99 Å². The molecule has 3 rings (SSSR count). The SMILES string of the molecule is CCNC(=NCc1ccc(C)cc1OC)NCC(c1cccs1)N1CCOCC1. The number of nitrogens with zero attached hydrogens (tertiary/aromatic N) is 2. The topological polar surface area (TPSA) is 58.1 Å². The summed E-state index contributed by atoms with van der Waals surface area (Å²) in [5.74, 6) is 1.71. The number of rotatable bonds is 8. The van der Waals surface area contributed by atoms with Crippen molar-refractivity contribution in [3.05, 3.63) is 51.7 Å². The lowest BCUT2D eigenvalue weighted by atomic mass is 10.1. The molecular formula is C22H32N4O2S. The number of benzene rings is 1. The number of aliphatic imine (C=N–C) groups is 1. The second-order valence-electron chi connectivity index (χ2n) is 7.07. The van der Waals surface area contributed by atoms with Crippen molar-refractivity contribution in [2.75, 3.05) is 46.5 Å². The minimum Gasteiger partial charge on any atom is -0.496 e. The molecule has 1 unspecified atom stereocenters. The molecule has 0 aliphatic carbocycles. The van der Waals surface area contributed by atoms with Crippen LogP contribution in [0.4, 0.5) is 0 Å². The lowest BCUT2D eigenvalue weighted by molar-refractivity contribution is 0.0177. The van der Waals surface area contributed by atoms with E-state index in [0.29, 0.717) is 12.6 Å². The number of ether oxygens (including phenoxy) is 2. The summed E-state index contributed by atoms with van der Waals surface area (Å²) >= 11 is 1.81. The molecule has 1 saturated heterocycles. The summed E-state index contributed by atoms with van der Waals surface area (Å²) < 4.78 is 11.1. The lowest BCUT2D eigenvalue weighted by Gasteiger charge is -2.34. The van der Waals surface area contributed by atoms with Gasteiger partial charge in [0.1, 0.15) is 5.75 Å². The highest BCUT2D eigenvalue weighted by atomic mass is 32.1. The van der Waals surface area contributed by atoms with Crippen molar-refractivity contribution in [3.8, 4) is 5.75 Å². The number of nitrogens with one attached hydrogen (secondary N) is 2. The van der Waals surface area contributed by atoms with E-state index in [0.717, 1.165) is 56.7 Å². The van der Waals surface area contributed by atoms with Crippen LogP contribution in [0.15, 0.2) is 40.7 Å². The van der Waals surface area contributed by atoms with Gasteiger partial charge in [0.2, 0.25) is 0 Å². The summed E-state index contributed by atoms with van der Waals surface area (Å²) in [5.41, 5.74) is 2.27. The highest BCUT2D eigenvalue weighted by Gasteiger charge is 2.23. The van der Waals surface area contributed by atoms with Gasteiger partial charge in [-0.3, -0.25) is 4.90 Å². The van der Waals surface area contributed by atoms with E-state index in [9.17, 15) is 0 Å². The largest absolute Gasteiger partial charge is 0.496 e. The van der Waals surface area contributed by atoms with E-state index in [4.69, 9.17) is 14.5 Å². The van der Waals surface area contributed by atoms with Gasteiger partial charge in [0.05, 0.1) is 32.9 Å². The smallest absolute Gasteiger partial charge is 0.191 e. The number of guanidine groups is 1. The van der Waals surface area contributed by atoms with Crippen molar-refractivity contribution in [2.45, 2.75) is 26.4 Å².